The molecule has 5 heteroatoms. The minimum absolute atomic E-state index is 0.126. The Morgan fingerprint density at radius 2 is 2.00 bits per heavy atom. The molecule has 0 heterocycles. The molecule has 0 aliphatic rings. The molecule has 0 aliphatic carbocycles. The van der Waals surface area contributed by atoms with Crippen molar-refractivity contribution in [1.82, 2.24) is 0 Å². The van der Waals surface area contributed by atoms with Gasteiger partial charge in [-0.25, -0.2) is 0 Å². The SMILES string of the molecule is CCON(C(C)=O)c1ccc(OCN)cc1. The van der Waals surface area contributed by atoms with E-state index in [9.17, 15) is 4.79 Å². The van der Waals surface area contributed by atoms with E-state index in [-0.39, 0.29) is 12.6 Å². The molecule has 0 spiro atoms. The van der Waals surface area contributed by atoms with Crippen molar-refractivity contribution in [1.29, 1.82) is 0 Å². The van der Waals surface area contributed by atoms with Crippen molar-refractivity contribution in [3.8, 4) is 5.75 Å². The summed E-state index contributed by atoms with van der Waals surface area (Å²) in [4.78, 5) is 16.5. The Bertz CT molecular complexity index is 338. The second kappa shape index (κ2) is 6.09. The summed E-state index contributed by atoms with van der Waals surface area (Å²) in [5.41, 5.74) is 5.91. The number of hydroxylamine groups is 1. The van der Waals surface area contributed by atoms with Crippen molar-refractivity contribution in [2.45, 2.75) is 13.8 Å². The third kappa shape index (κ3) is 3.22. The van der Waals surface area contributed by atoms with Crippen LogP contribution < -0.4 is 15.5 Å². The molecular weight excluding hydrogens is 208 g/mol. The lowest BCUT2D eigenvalue weighted by atomic mass is 10.3. The number of ether oxygens (including phenoxy) is 1. The number of nitrogens with zero attached hydrogens (tertiary/aromatic N) is 1. The number of hydrogen-bond acceptors (Lipinski definition) is 4. The Kier molecular flexibility index (Phi) is 4.75. The minimum atomic E-state index is -0.172. The van der Waals surface area contributed by atoms with E-state index in [4.69, 9.17) is 15.3 Å². The van der Waals surface area contributed by atoms with Gasteiger partial charge in [0.05, 0.1) is 12.3 Å². The molecular formula is C11H16N2O3. The Hall–Kier alpha value is -1.59. The van der Waals surface area contributed by atoms with Gasteiger partial charge < -0.3 is 4.74 Å². The van der Waals surface area contributed by atoms with Gasteiger partial charge in [0, 0.05) is 6.92 Å². The number of amides is 1. The summed E-state index contributed by atoms with van der Waals surface area (Å²) in [5, 5.41) is 1.24. The zero-order chi connectivity index (χ0) is 12.0. The number of nitrogens with two attached hydrogens (primary N) is 1. The lowest BCUT2D eigenvalue weighted by Crippen LogP contribution is -2.28. The molecule has 0 unspecified atom stereocenters. The Balaban J connectivity index is 2.81. The van der Waals surface area contributed by atoms with Crippen LogP contribution in [0.25, 0.3) is 0 Å². The molecule has 1 aromatic rings. The van der Waals surface area contributed by atoms with Crippen molar-refractivity contribution in [2.75, 3.05) is 18.4 Å². The van der Waals surface area contributed by atoms with E-state index in [1.807, 2.05) is 6.92 Å². The summed E-state index contributed by atoms with van der Waals surface area (Å²) in [6.45, 7) is 3.82. The highest BCUT2D eigenvalue weighted by Gasteiger charge is 2.11. The number of carbonyl (C=O) groups is 1. The molecule has 0 aliphatic heterocycles. The van der Waals surface area contributed by atoms with Crippen LogP contribution >= 0.6 is 0 Å². The average Bonchev–Trinajstić information content (AvgIpc) is 2.27. The largest absolute Gasteiger partial charge is 0.479 e. The van der Waals surface area contributed by atoms with Crippen LogP contribution in [-0.4, -0.2) is 19.2 Å². The Labute approximate surface area is 94.7 Å². The van der Waals surface area contributed by atoms with Crippen molar-refractivity contribution >= 4 is 11.6 Å². The zero-order valence-corrected chi connectivity index (χ0v) is 9.47. The summed E-state index contributed by atoms with van der Waals surface area (Å²) in [7, 11) is 0. The van der Waals surface area contributed by atoms with Crippen LogP contribution in [0.2, 0.25) is 0 Å². The molecule has 1 amide bonds. The first-order chi connectivity index (χ1) is 7.69. The minimum Gasteiger partial charge on any atom is -0.479 e. The van der Waals surface area contributed by atoms with Crippen LogP contribution in [0.5, 0.6) is 5.75 Å². The molecule has 16 heavy (non-hydrogen) atoms. The molecule has 1 rings (SSSR count). The number of carbonyl (C=O) groups excluding carboxylic acids is 1. The molecule has 0 saturated carbocycles. The predicted octanol–water partition coefficient (Wildman–Crippen LogP) is 1.29. The van der Waals surface area contributed by atoms with Crippen LogP contribution in [-0.2, 0) is 9.63 Å². The summed E-state index contributed by atoms with van der Waals surface area (Å²) < 4.78 is 5.09. The number of rotatable bonds is 5. The van der Waals surface area contributed by atoms with Crippen molar-refractivity contribution < 1.29 is 14.4 Å². The van der Waals surface area contributed by atoms with Crippen molar-refractivity contribution in [3.05, 3.63) is 24.3 Å². The zero-order valence-electron chi connectivity index (χ0n) is 9.47. The lowest BCUT2D eigenvalue weighted by molar-refractivity contribution is -0.123. The van der Waals surface area contributed by atoms with Crippen LogP contribution in [0, 0.1) is 0 Å². The topological polar surface area (TPSA) is 64.8 Å². The monoisotopic (exact) mass is 224 g/mol. The van der Waals surface area contributed by atoms with Gasteiger partial charge in [-0.15, -0.1) is 0 Å². The summed E-state index contributed by atoms with van der Waals surface area (Å²) in [6, 6.07) is 6.94. The maximum absolute atomic E-state index is 11.3. The maximum atomic E-state index is 11.3. The van der Waals surface area contributed by atoms with Gasteiger partial charge in [0.25, 0.3) is 0 Å². The first-order valence-corrected chi connectivity index (χ1v) is 5.05. The van der Waals surface area contributed by atoms with Crippen LogP contribution in [0.4, 0.5) is 5.69 Å². The Morgan fingerprint density at radius 1 is 1.38 bits per heavy atom. The Morgan fingerprint density at radius 3 is 2.44 bits per heavy atom. The molecule has 0 fully saturated rings. The highest BCUT2D eigenvalue weighted by molar-refractivity contribution is 5.89. The first-order valence-electron chi connectivity index (χ1n) is 5.05. The van der Waals surface area contributed by atoms with Crippen LogP contribution in [0.3, 0.4) is 0 Å². The molecule has 0 bridgehead atoms. The summed E-state index contributed by atoms with van der Waals surface area (Å²) >= 11 is 0. The number of benzene rings is 1. The fourth-order valence-electron chi connectivity index (χ4n) is 1.25. The van der Waals surface area contributed by atoms with Gasteiger partial charge in [-0.1, -0.05) is 0 Å². The molecule has 88 valence electrons. The van der Waals surface area contributed by atoms with E-state index in [0.717, 1.165) is 0 Å². The highest BCUT2D eigenvalue weighted by Crippen LogP contribution is 2.19. The molecule has 2 N–H and O–H groups in total. The molecule has 0 atom stereocenters. The standard InChI is InChI=1S/C11H16N2O3/c1-3-16-13(9(2)14)10-4-6-11(7-5-10)15-8-12/h4-7H,3,8,12H2,1-2H3. The van der Waals surface area contributed by atoms with E-state index in [1.165, 1.54) is 12.0 Å². The first kappa shape index (κ1) is 12.5. The van der Waals surface area contributed by atoms with Gasteiger partial charge in [0.2, 0.25) is 5.91 Å². The van der Waals surface area contributed by atoms with Gasteiger partial charge >= 0.3 is 0 Å². The molecule has 1 aromatic carbocycles. The molecule has 5 nitrogen and oxygen atoms in total. The molecule has 0 aromatic heterocycles. The van der Waals surface area contributed by atoms with E-state index in [2.05, 4.69) is 0 Å². The van der Waals surface area contributed by atoms with E-state index in [0.29, 0.717) is 18.0 Å². The van der Waals surface area contributed by atoms with Gasteiger partial charge in [-0.2, -0.15) is 5.06 Å². The normalized spacial score (nSPS) is 9.94. The van der Waals surface area contributed by atoms with Crippen LogP contribution in [0.15, 0.2) is 24.3 Å². The fraction of sp³-hybridized carbons (Fsp3) is 0.364. The van der Waals surface area contributed by atoms with Crippen LogP contribution in [0.1, 0.15) is 13.8 Å². The quantitative estimate of drug-likeness (QED) is 0.604. The highest BCUT2D eigenvalue weighted by atomic mass is 16.7. The average molecular weight is 224 g/mol. The molecule has 0 saturated heterocycles. The lowest BCUT2D eigenvalue weighted by Gasteiger charge is -2.19. The third-order valence-electron chi connectivity index (χ3n) is 1.87. The number of anilines is 1. The number of hydrogen-bond donors (Lipinski definition) is 1. The van der Waals surface area contributed by atoms with Gasteiger partial charge in [0.15, 0.2) is 0 Å². The van der Waals surface area contributed by atoms with E-state index < -0.39 is 0 Å². The van der Waals surface area contributed by atoms with Gasteiger partial charge in [-0.05, 0) is 31.2 Å². The van der Waals surface area contributed by atoms with E-state index in [1.54, 1.807) is 24.3 Å². The predicted molar refractivity (Wildman–Crippen MR) is 60.9 cm³/mol. The molecule has 0 radical (unpaired) electrons. The van der Waals surface area contributed by atoms with Gasteiger partial charge in [-0.3, -0.25) is 15.4 Å². The van der Waals surface area contributed by atoms with Crippen molar-refractivity contribution in [2.24, 2.45) is 5.73 Å². The van der Waals surface area contributed by atoms with Gasteiger partial charge in [0.1, 0.15) is 12.5 Å². The van der Waals surface area contributed by atoms with Crippen molar-refractivity contribution in [3.63, 3.8) is 0 Å². The second-order valence-corrected chi connectivity index (χ2v) is 3.04. The summed E-state index contributed by atoms with van der Waals surface area (Å²) in [5.74, 6) is 0.487. The summed E-state index contributed by atoms with van der Waals surface area (Å²) in [6.07, 6.45) is 0. The smallest absolute Gasteiger partial charge is 0.247 e. The van der Waals surface area contributed by atoms with E-state index >= 15 is 0 Å². The third-order valence-corrected chi connectivity index (χ3v) is 1.87. The maximum Gasteiger partial charge on any atom is 0.247 e. The fourth-order valence-corrected chi connectivity index (χ4v) is 1.25. The second-order valence-electron chi connectivity index (χ2n) is 3.04.